The van der Waals surface area contributed by atoms with Crippen molar-refractivity contribution >= 4 is 33.4 Å². The first-order valence-corrected chi connectivity index (χ1v) is 6.91. The highest BCUT2D eigenvalue weighted by atomic mass is 79.9. The Balaban J connectivity index is 2.32. The van der Waals surface area contributed by atoms with E-state index in [-0.39, 0.29) is 35.9 Å². The van der Waals surface area contributed by atoms with Gasteiger partial charge in [0.2, 0.25) is 11.8 Å². The Bertz CT molecular complexity index is 582. The summed E-state index contributed by atoms with van der Waals surface area (Å²) in [6.07, 6.45) is 0. The number of rotatable bonds is 3. The molecule has 0 N–H and O–H groups in total. The molecule has 1 aliphatic rings. The zero-order valence-corrected chi connectivity index (χ0v) is 12.6. The van der Waals surface area contributed by atoms with Crippen LogP contribution < -0.4 is 0 Å². The van der Waals surface area contributed by atoms with Crippen molar-refractivity contribution in [3.63, 3.8) is 0 Å². The summed E-state index contributed by atoms with van der Waals surface area (Å²) in [4.78, 5) is 35.6. The van der Waals surface area contributed by atoms with Gasteiger partial charge in [0.25, 0.3) is 5.69 Å². The number of imide groups is 1. The molecule has 0 radical (unpaired) electrons. The Hall–Kier alpha value is -1.76. The summed E-state index contributed by atoms with van der Waals surface area (Å²) in [5.41, 5.74) is 0.463. The van der Waals surface area contributed by atoms with Gasteiger partial charge >= 0.3 is 0 Å². The molecule has 1 heterocycles. The molecule has 1 aromatic rings. The molecule has 0 spiro atoms. The van der Waals surface area contributed by atoms with Crippen LogP contribution in [0.4, 0.5) is 5.69 Å². The van der Waals surface area contributed by atoms with Crippen LogP contribution in [0.5, 0.6) is 0 Å². The molecule has 0 bridgehead atoms. The number of carbonyl (C=O) groups is 2. The number of nitro benzene ring substituents is 1. The number of likely N-dealkylation sites (tertiary alicyclic amines) is 1. The summed E-state index contributed by atoms with van der Waals surface area (Å²) < 4.78 is 0.304. The van der Waals surface area contributed by atoms with Crippen LogP contribution in [0.2, 0.25) is 0 Å². The molecule has 106 valence electrons. The minimum atomic E-state index is -0.507. The van der Waals surface area contributed by atoms with Gasteiger partial charge in [-0.2, -0.15) is 0 Å². The van der Waals surface area contributed by atoms with Gasteiger partial charge in [-0.15, -0.1) is 0 Å². The standard InChI is InChI=1S/C13H13BrN2O4/c1-7-8(2)13(18)15(12(7)17)6-9-4-3-5-10(11(9)14)16(19)20/h3-5,7-8H,6H2,1-2H3. The molecule has 20 heavy (non-hydrogen) atoms. The van der Waals surface area contributed by atoms with E-state index in [4.69, 9.17) is 0 Å². The molecule has 2 amide bonds. The van der Waals surface area contributed by atoms with Crippen LogP contribution in [0.15, 0.2) is 22.7 Å². The van der Waals surface area contributed by atoms with E-state index in [2.05, 4.69) is 15.9 Å². The van der Waals surface area contributed by atoms with Crippen molar-refractivity contribution in [1.29, 1.82) is 0 Å². The highest BCUT2D eigenvalue weighted by Crippen LogP contribution is 2.32. The summed E-state index contributed by atoms with van der Waals surface area (Å²) in [5.74, 6) is -1.17. The molecule has 1 aromatic carbocycles. The SMILES string of the molecule is CC1C(=O)N(Cc2cccc([N+](=O)[O-])c2Br)C(=O)C1C. The van der Waals surface area contributed by atoms with Crippen LogP contribution in [0.3, 0.4) is 0 Å². The van der Waals surface area contributed by atoms with E-state index in [9.17, 15) is 19.7 Å². The Morgan fingerprint density at radius 3 is 2.30 bits per heavy atom. The van der Waals surface area contributed by atoms with Crippen molar-refractivity contribution in [1.82, 2.24) is 4.90 Å². The van der Waals surface area contributed by atoms with E-state index >= 15 is 0 Å². The highest BCUT2D eigenvalue weighted by Gasteiger charge is 2.42. The molecular formula is C13H13BrN2O4. The number of nitrogens with zero attached hydrogens (tertiary/aromatic N) is 2. The lowest BCUT2D eigenvalue weighted by molar-refractivity contribution is -0.385. The van der Waals surface area contributed by atoms with Gasteiger partial charge in [-0.25, -0.2) is 0 Å². The van der Waals surface area contributed by atoms with Crippen molar-refractivity contribution < 1.29 is 14.5 Å². The fraction of sp³-hybridized carbons (Fsp3) is 0.385. The summed E-state index contributed by atoms with van der Waals surface area (Å²) in [7, 11) is 0. The van der Waals surface area contributed by atoms with E-state index in [0.717, 1.165) is 0 Å². The van der Waals surface area contributed by atoms with Gasteiger partial charge in [-0.3, -0.25) is 24.6 Å². The Labute approximate surface area is 124 Å². The third kappa shape index (κ3) is 2.33. The van der Waals surface area contributed by atoms with Crippen LogP contribution in [-0.4, -0.2) is 21.6 Å². The smallest absolute Gasteiger partial charge is 0.278 e. The molecular weight excluding hydrogens is 328 g/mol. The molecule has 0 aromatic heterocycles. The number of nitro groups is 1. The van der Waals surface area contributed by atoms with Gasteiger partial charge in [-0.1, -0.05) is 26.0 Å². The van der Waals surface area contributed by atoms with Crippen LogP contribution >= 0.6 is 15.9 Å². The van der Waals surface area contributed by atoms with Crippen LogP contribution in [0, 0.1) is 22.0 Å². The normalized spacial score (nSPS) is 22.4. The largest absolute Gasteiger partial charge is 0.283 e. The fourth-order valence-corrected chi connectivity index (χ4v) is 2.72. The minimum Gasteiger partial charge on any atom is -0.278 e. The summed E-state index contributed by atoms with van der Waals surface area (Å²) >= 11 is 3.17. The van der Waals surface area contributed by atoms with Gasteiger partial charge in [0.15, 0.2) is 0 Å². The van der Waals surface area contributed by atoms with Crippen molar-refractivity contribution in [2.75, 3.05) is 0 Å². The zero-order valence-electron chi connectivity index (χ0n) is 11.0. The lowest BCUT2D eigenvalue weighted by atomic mass is 10.00. The molecule has 1 saturated heterocycles. The van der Waals surface area contributed by atoms with Crippen molar-refractivity contribution in [3.8, 4) is 0 Å². The molecule has 0 saturated carbocycles. The van der Waals surface area contributed by atoms with Crippen LogP contribution in [0.1, 0.15) is 19.4 Å². The monoisotopic (exact) mass is 340 g/mol. The maximum absolute atomic E-state index is 12.0. The topological polar surface area (TPSA) is 80.5 Å². The third-order valence-electron chi connectivity index (χ3n) is 3.64. The van der Waals surface area contributed by atoms with E-state index in [0.29, 0.717) is 10.0 Å². The average molecular weight is 341 g/mol. The Morgan fingerprint density at radius 1 is 1.25 bits per heavy atom. The number of benzene rings is 1. The highest BCUT2D eigenvalue weighted by molar-refractivity contribution is 9.10. The summed E-state index contributed by atoms with van der Waals surface area (Å²) in [5, 5.41) is 10.9. The second kappa shape index (κ2) is 5.32. The zero-order chi connectivity index (χ0) is 15.0. The maximum atomic E-state index is 12.0. The first kappa shape index (κ1) is 14.6. The lowest BCUT2D eigenvalue weighted by Gasteiger charge is -2.15. The van der Waals surface area contributed by atoms with E-state index in [1.54, 1.807) is 19.9 Å². The molecule has 1 aliphatic heterocycles. The van der Waals surface area contributed by atoms with Gasteiger partial charge < -0.3 is 0 Å². The Morgan fingerprint density at radius 2 is 1.80 bits per heavy atom. The summed E-state index contributed by atoms with van der Waals surface area (Å²) in [6.45, 7) is 3.48. The Kier molecular flexibility index (Phi) is 3.89. The van der Waals surface area contributed by atoms with E-state index in [1.165, 1.54) is 17.0 Å². The third-order valence-corrected chi connectivity index (χ3v) is 4.56. The maximum Gasteiger partial charge on any atom is 0.283 e. The van der Waals surface area contributed by atoms with Crippen molar-refractivity contribution in [3.05, 3.63) is 38.3 Å². The molecule has 2 unspecified atom stereocenters. The second-order valence-corrected chi connectivity index (χ2v) is 5.64. The summed E-state index contributed by atoms with van der Waals surface area (Å²) in [6, 6.07) is 4.56. The number of amides is 2. The molecule has 0 aliphatic carbocycles. The predicted octanol–water partition coefficient (Wildman–Crippen LogP) is 2.50. The number of carbonyl (C=O) groups excluding carboxylic acids is 2. The second-order valence-electron chi connectivity index (χ2n) is 4.85. The number of hydrogen-bond acceptors (Lipinski definition) is 4. The van der Waals surface area contributed by atoms with Crippen molar-refractivity contribution in [2.24, 2.45) is 11.8 Å². The van der Waals surface area contributed by atoms with Crippen molar-refractivity contribution in [2.45, 2.75) is 20.4 Å². The van der Waals surface area contributed by atoms with E-state index in [1.807, 2.05) is 0 Å². The number of hydrogen-bond donors (Lipinski definition) is 0. The molecule has 7 heteroatoms. The molecule has 6 nitrogen and oxygen atoms in total. The molecule has 2 atom stereocenters. The van der Waals surface area contributed by atoms with Gasteiger partial charge in [0.05, 0.1) is 11.5 Å². The average Bonchev–Trinajstić information content (AvgIpc) is 2.58. The molecule has 2 rings (SSSR count). The van der Waals surface area contributed by atoms with E-state index < -0.39 is 4.92 Å². The quantitative estimate of drug-likeness (QED) is 0.481. The van der Waals surface area contributed by atoms with Gasteiger partial charge in [0.1, 0.15) is 4.47 Å². The fourth-order valence-electron chi connectivity index (χ4n) is 2.18. The lowest BCUT2D eigenvalue weighted by Crippen LogP contribution is -2.30. The first-order valence-electron chi connectivity index (χ1n) is 6.11. The van der Waals surface area contributed by atoms with Gasteiger partial charge in [-0.05, 0) is 21.5 Å². The van der Waals surface area contributed by atoms with Gasteiger partial charge in [0, 0.05) is 17.9 Å². The van der Waals surface area contributed by atoms with Crippen LogP contribution in [-0.2, 0) is 16.1 Å². The molecule has 1 fully saturated rings. The first-order chi connectivity index (χ1) is 9.34. The minimum absolute atomic E-state index is 0.0502. The van der Waals surface area contributed by atoms with Crippen LogP contribution in [0.25, 0.3) is 0 Å². The predicted molar refractivity (Wildman–Crippen MR) is 74.7 cm³/mol. The number of halogens is 1.